The number of anilines is 1. The molecule has 2 rings (SSSR count). The summed E-state index contributed by atoms with van der Waals surface area (Å²) in [5, 5.41) is 0.471. The standard InChI is InChI=1S/C14H19ClN2O2/c1-2-17(9-11-4-3-7-19-11)14(18)10-5-6-12(15)13(16)8-10/h5-6,8,11H,2-4,7,9,16H2,1H3. The lowest BCUT2D eigenvalue weighted by atomic mass is 10.1. The summed E-state index contributed by atoms with van der Waals surface area (Å²) in [4.78, 5) is 14.2. The van der Waals surface area contributed by atoms with Crippen molar-refractivity contribution in [2.24, 2.45) is 0 Å². The minimum atomic E-state index is -0.0265. The van der Waals surface area contributed by atoms with E-state index in [1.165, 1.54) is 0 Å². The first-order valence-corrected chi connectivity index (χ1v) is 6.95. The van der Waals surface area contributed by atoms with Crippen LogP contribution < -0.4 is 5.73 Å². The van der Waals surface area contributed by atoms with Crippen molar-refractivity contribution in [1.29, 1.82) is 0 Å². The summed E-state index contributed by atoms with van der Waals surface area (Å²) in [7, 11) is 0. The van der Waals surface area contributed by atoms with Crippen LogP contribution in [-0.2, 0) is 4.74 Å². The summed E-state index contributed by atoms with van der Waals surface area (Å²) in [6.45, 7) is 4.05. The van der Waals surface area contributed by atoms with E-state index in [1.54, 1.807) is 23.1 Å². The van der Waals surface area contributed by atoms with Gasteiger partial charge in [0.15, 0.2) is 0 Å². The molecule has 1 aliphatic heterocycles. The Bertz CT molecular complexity index is 459. The van der Waals surface area contributed by atoms with E-state index >= 15 is 0 Å². The van der Waals surface area contributed by atoms with Crippen LogP contribution in [0.1, 0.15) is 30.1 Å². The van der Waals surface area contributed by atoms with Crippen LogP contribution in [0.25, 0.3) is 0 Å². The molecular formula is C14H19ClN2O2. The first kappa shape index (κ1) is 14.2. The molecule has 5 heteroatoms. The summed E-state index contributed by atoms with van der Waals surface area (Å²) < 4.78 is 5.57. The lowest BCUT2D eigenvalue weighted by Crippen LogP contribution is -2.37. The number of carbonyl (C=O) groups is 1. The van der Waals surface area contributed by atoms with Gasteiger partial charge >= 0.3 is 0 Å². The molecule has 1 unspecified atom stereocenters. The zero-order valence-electron chi connectivity index (χ0n) is 11.1. The molecule has 104 valence electrons. The molecule has 1 aromatic carbocycles. The highest BCUT2D eigenvalue weighted by molar-refractivity contribution is 6.33. The van der Waals surface area contributed by atoms with Crippen molar-refractivity contribution >= 4 is 23.2 Å². The number of hydrogen-bond acceptors (Lipinski definition) is 3. The van der Waals surface area contributed by atoms with E-state index in [4.69, 9.17) is 22.1 Å². The smallest absolute Gasteiger partial charge is 0.254 e. The number of likely N-dealkylation sites (N-methyl/N-ethyl adjacent to an activating group) is 1. The largest absolute Gasteiger partial charge is 0.398 e. The molecule has 1 saturated heterocycles. The minimum absolute atomic E-state index is 0.0265. The predicted molar refractivity (Wildman–Crippen MR) is 76.4 cm³/mol. The third-order valence-electron chi connectivity index (χ3n) is 3.36. The molecule has 0 radical (unpaired) electrons. The molecule has 1 amide bonds. The second-order valence-corrected chi connectivity index (χ2v) is 5.12. The number of rotatable bonds is 4. The fourth-order valence-corrected chi connectivity index (χ4v) is 2.37. The minimum Gasteiger partial charge on any atom is -0.398 e. The maximum atomic E-state index is 12.4. The number of benzene rings is 1. The van der Waals surface area contributed by atoms with E-state index in [0.717, 1.165) is 19.4 Å². The van der Waals surface area contributed by atoms with Crippen molar-refractivity contribution in [3.05, 3.63) is 28.8 Å². The zero-order valence-corrected chi connectivity index (χ0v) is 11.8. The lowest BCUT2D eigenvalue weighted by molar-refractivity contribution is 0.0539. The molecular weight excluding hydrogens is 264 g/mol. The van der Waals surface area contributed by atoms with E-state index in [1.807, 2.05) is 6.92 Å². The molecule has 1 aromatic rings. The molecule has 0 saturated carbocycles. The van der Waals surface area contributed by atoms with Crippen LogP contribution in [0.3, 0.4) is 0 Å². The van der Waals surface area contributed by atoms with E-state index in [9.17, 15) is 4.79 Å². The second-order valence-electron chi connectivity index (χ2n) is 4.72. The van der Waals surface area contributed by atoms with Gasteiger partial charge in [-0.1, -0.05) is 11.6 Å². The normalized spacial score (nSPS) is 18.5. The number of carbonyl (C=O) groups excluding carboxylic acids is 1. The van der Waals surface area contributed by atoms with E-state index < -0.39 is 0 Å². The van der Waals surface area contributed by atoms with Gasteiger partial charge in [0.1, 0.15) is 0 Å². The van der Waals surface area contributed by atoms with Crippen LogP contribution in [-0.4, -0.2) is 36.6 Å². The molecule has 1 fully saturated rings. The van der Waals surface area contributed by atoms with Crippen molar-refractivity contribution in [3.63, 3.8) is 0 Å². The van der Waals surface area contributed by atoms with E-state index in [2.05, 4.69) is 0 Å². The number of nitrogens with zero attached hydrogens (tertiary/aromatic N) is 1. The summed E-state index contributed by atoms with van der Waals surface area (Å²) in [6.07, 6.45) is 2.25. The number of hydrogen-bond donors (Lipinski definition) is 1. The van der Waals surface area contributed by atoms with Crippen molar-refractivity contribution < 1.29 is 9.53 Å². The number of halogens is 1. The molecule has 1 atom stereocenters. The lowest BCUT2D eigenvalue weighted by Gasteiger charge is -2.24. The zero-order chi connectivity index (χ0) is 13.8. The van der Waals surface area contributed by atoms with Crippen LogP contribution in [0.15, 0.2) is 18.2 Å². The van der Waals surface area contributed by atoms with Crippen molar-refractivity contribution in [1.82, 2.24) is 4.90 Å². The Labute approximate surface area is 118 Å². The maximum absolute atomic E-state index is 12.4. The van der Waals surface area contributed by atoms with Gasteiger partial charge in [0.25, 0.3) is 5.91 Å². The van der Waals surface area contributed by atoms with Crippen molar-refractivity contribution in [2.75, 3.05) is 25.4 Å². The first-order chi connectivity index (χ1) is 9.11. The quantitative estimate of drug-likeness (QED) is 0.864. The van der Waals surface area contributed by atoms with Gasteiger partial charge in [0.2, 0.25) is 0 Å². The van der Waals surface area contributed by atoms with Gasteiger partial charge in [-0.25, -0.2) is 0 Å². The van der Waals surface area contributed by atoms with Gasteiger partial charge in [-0.3, -0.25) is 4.79 Å². The molecule has 19 heavy (non-hydrogen) atoms. The summed E-state index contributed by atoms with van der Waals surface area (Å²) in [6, 6.07) is 4.99. The average molecular weight is 283 g/mol. The van der Waals surface area contributed by atoms with Gasteiger partial charge < -0.3 is 15.4 Å². The average Bonchev–Trinajstić information content (AvgIpc) is 2.91. The maximum Gasteiger partial charge on any atom is 0.254 e. The number of nitrogen functional groups attached to an aromatic ring is 1. The number of nitrogens with two attached hydrogens (primary N) is 1. The monoisotopic (exact) mass is 282 g/mol. The van der Waals surface area contributed by atoms with Gasteiger partial charge in [0, 0.05) is 25.3 Å². The molecule has 1 heterocycles. The second kappa shape index (κ2) is 6.26. The summed E-state index contributed by atoms with van der Waals surface area (Å²) in [5.41, 5.74) is 6.74. The molecule has 0 spiro atoms. The Morgan fingerprint density at radius 3 is 2.95 bits per heavy atom. The number of ether oxygens (including phenoxy) is 1. The highest BCUT2D eigenvalue weighted by atomic mass is 35.5. The molecule has 4 nitrogen and oxygen atoms in total. The summed E-state index contributed by atoms with van der Waals surface area (Å²) >= 11 is 5.87. The topological polar surface area (TPSA) is 55.6 Å². The molecule has 0 aliphatic carbocycles. The highest BCUT2D eigenvalue weighted by Crippen LogP contribution is 2.21. The van der Waals surface area contributed by atoms with E-state index in [-0.39, 0.29) is 12.0 Å². The SMILES string of the molecule is CCN(CC1CCCO1)C(=O)c1ccc(Cl)c(N)c1. The third kappa shape index (κ3) is 3.39. The van der Waals surface area contributed by atoms with Gasteiger partial charge in [-0.15, -0.1) is 0 Å². The van der Waals surface area contributed by atoms with Gasteiger partial charge in [-0.05, 0) is 38.0 Å². The first-order valence-electron chi connectivity index (χ1n) is 6.57. The molecule has 0 bridgehead atoms. The van der Waals surface area contributed by atoms with Crippen LogP contribution in [0.2, 0.25) is 5.02 Å². The van der Waals surface area contributed by atoms with Crippen LogP contribution in [0.4, 0.5) is 5.69 Å². The fourth-order valence-electron chi connectivity index (χ4n) is 2.25. The Balaban J connectivity index is 2.08. The van der Waals surface area contributed by atoms with Gasteiger partial charge in [0.05, 0.1) is 16.8 Å². The van der Waals surface area contributed by atoms with Crippen LogP contribution in [0, 0.1) is 0 Å². The molecule has 0 aromatic heterocycles. The fraction of sp³-hybridized carbons (Fsp3) is 0.500. The van der Waals surface area contributed by atoms with E-state index in [0.29, 0.717) is 29.4 Å². The Kier molecular flexibility index (Phi) is 4.66. The van der Waals surface area contributed by atoms with Crippen molar-refractivity contribution in [3.8, 4) is 0 Å². The Hall–Kier alpha value is -1.26. The highest BCUT2D eigenvalue weighted by Gasteiger charge is 2.22. The van der Waals surface area contributed by atoms with Crippen LogP contribution >= 0.6 is 11.6 Å². The number of amides is 1. The summed E-state index contributed by atoms with van der Waals surface area (Å²) in [5.74, 6) is -0.0265. The van der Waals surface area contributed by atoms with Crippen molar-refractivity contribution in [2.45, 2.75) is 25.9 Å². The predicted octanol–water partition coefficient (Wildman–Crippen LogP) is 2.56. The Morgan fingerprint density at radius 2 is 2.37 bits per heavy atom. The Morgan fingerprint density at radius 1 is 1.58 bits per heavy atom. The molecule has 1 aliphatic rings. The van der Waals surface area contributed by atoms with Gasteiger partial charge in [-0.2, -0.15) is 0 Å². The molecule has 2 N–H and O–H groups in total. The van der Waals surface area contributed by atoms with Crippen LogP contribution in [0.5, 0.6) is 0 Å². The third-order valence-corrected chi connectivity index (χ3v) is 3.70.